The zero-order valence-electron chi connectivity index (χ0n) is 18.3. The van der Waals surface area contributed by atoms with Crippen LogP contribution in [0.3, 0.4) is 0 Å². The monoisotopic (exact) mass is 452 g/mol. The highest BCUT2D eigenvalue weighted by Gasteiger charge is 2.31. The van der Waals surface area contributed by atoms with Crippen molar-refractivity contribution in [3.05, 3.63) is 36.0 Å². The number of hydrogen-bond donors (Lipinski definition) is 5. The van der Waals surface area contributed by atoms with Crippen LogP contribution >= 0.6 is 12.4 Å². The normalized spacial score (nSPS) is 14.9. The number of amides is 2. The highest BCUT2D eigenvalue weighted by molar-refractivity contribution is 5.92. The molecule has 2 amide bonds. The van der Waals surface area contributed by atoms with Gasteiger partial charge in [0.2, 0.25) is 11.8 Å². The van der Waals surface area contributed by atoms with Crippen LogP contribution in [0.5, 0.6) is 0 Å². The molecule has 0 aliphatic carbocycles. The molecule has 6 N–H and O–H groups in total. The van der Waals surface area contributed by atoms with Crippen LogP contribution in [0.1, 0.15) is 39.7 Å². The van der Waals surface area contributed by atoms with E-state index in [2.05, 4.69) is 15.6 Å². The van der Waals surface area contributed by atoms with E-state index in [0.29, 0.717) is 0 Å². The number of benzene rings is 1. The summed E-state index contributed by atoms with van der Waals surface area (Å²) < 4.78 is 0. The molecule has 9 heteroatoms. The summed E-state index contributed by atoms with van der Waals surface area (Å²) in [5.74, 6) is -2.36. The number of aliphatic carboxylic acids is 1. The minimum atomic E-state index is -1.14. The Bertz CT molecular complexity index is 899. The summed E-state index contributed by atoms with van der Waals surface area (Å²) >= 11 is 0. The van der Waals surface area contributed by atoms with Crippen LogP contribution in [0.15, 0.2) is 30.5 Å². The SMILES string of the molecule is CC[C@H](C)[C@H](N)C(=O)N[C@H](C(=O)N[C@@H](Cc1c[nH]c2ccccc12)C(=O)O)C(C)C.Cl. The predicted octanol–water partition coefficient (Wildman–Crippen LogP) is 2.22. The fourth-order valence-electron chi connectivity index (χ4n) is 3.28. The number of aromatic amines is 1. The Morgan fingerprint density at radius 2 is 1.74 bits per heavy atom. The molecule has 0 saturated heterocycles. The van der Waals surface area contributed by atoms with Crippen molar-refractivity contribution < 1.29 is 19.5 Å². The number of H-pyrrole nitrogens is 1. The smallest absolute Gasteiger partial charge is 0.326 e. The second-order valence-electron chi connectivity index (χ2n) is 8.10. The molecular formula is C22H33ClN4O4. The first-order valence-electron chi connectivity index (χ1n) is 10.3. The van der Waals surface area contributed by atoms with Crippen molar-refractivity contribution in [2.45, 2.75) is 58.7 Å². The molecule has 2 rings (SSSR count). The van der Waals surface area contributed by atoms with Crippen molar-refractivity contribution in [3.63, 3.8) is 0 Å². The molecule has 0 radical (unpaired) electrons. The molecule has 0 aliphatic heterocycles. The number of rotatable bonds is 10. The van der Waals surface area contributed by atoms with E-state index >= 15 is 0 Å². The van der Waals surface area contributed by atoms with E-state index in [1.54, 1.807) is 20.0 Å². The quantitative estimate of drug-likeness (QED) is 0.376. The Kier molecular flexibility index (Phi) is 10.00. The van der Waals surface area contributed by atoms with Gasteiger partial charge in [-0.2, -0.15) is 0 Å². The second kappa shape index (κ2) is 11.7. The van der Waals surface area contributed by atoms with Crippen LogP contribution in [0.4, 0.5) is 0 Å². The molecule has 0 bridgehead atoms. The molecular weight excluding hydrogens is 420 g/mol. The van der Waals surface area contributed by atoms with Gasteiger partial charge < -0.3 is 26.5 Å². The average molecular weight is 453 g/mol. The highest BCUT2D eigenvalue weighted by Crippen LogP contribution is 2.19. The molecule has 0 unspecified atom stereocenters. The van der Waals surface area contributed by atoms with Gasteiger partial charge in [-0.05, 0) is 23.5 Å². The number of para-hydroxylation sites is 1. The van der Waals surface area contributed by atoms with Crippen molar-refractivity contribution in [3.8, 4) is 0 Å². The van der Waals surface area contributed by atoms with Crippen molar-refractivity contribution >= 4 is 41.1 Å². The van der Waals surface area contributed by atoms with E-state index in [9.17, 15) is 19.5 Å². The number of fused-ring (bicyclic) bond motifs is 1. The number of carbonyl (C=O) groups is 3. The van der Waals surface area contributed by atoms with E-state index in [0.717, 1.165) is 22.9 Å². The molecule has 2 aromatic rings. The summed E-state index contributed by atoms with van der Waals surface area (Å²) in [5, 5.41) is 15.8. The van der Waals surface area contributed by atoms with Crippen molar-refractivity contribution in [1.82, 2.24) is 15.6 Å². The van der Waals surface area contributed by atoms with Gasteiger partial charge in [0.05, 0.1) is 6.04 Å². The van der Waals surface area contributed by atoms with Gasteiger partial charge in [0.15, 0.2) is 0 Å². The molecule has 0 aliphatic rings. The predicted molar refractivity (Wildman–Crippen MR) is 123 cm³/mol. The van der Waals surface area contributed by atoms with E-state index in [-0.39, 0.29) is 30.7 Å². The number of nitrogens with one attached hydrogen (secondary N) is 3. The Hall–Kier alpha value is -2.58. The number of halogens is 1. The molecule has 1 heterocycles. The lowest BCUT2D eigenvalue weighted by Gasteiger charge is -2.26. The fraction of sp³-hybridized carbons (Fsp3) is 0.500. The van der Waals surface area contributed by atoms with Crippen molar-refractivity contribution in [2.75, 3.05) is 0 Å². The summed E-state index contributed by atoms with van der Waals surface area (Å²) in [5.41, 5.74) is 7.66. The topological polar surface area (TPSA) is 137 Å². The molecule has 172 valence electrons. The third kappa shape index (κ3) is 6.70. The first-order chi connectivity index (χ1) is 14.1. The number of nitrogens with two attached hydrogens (primary N) is 1. The zero-order chi connectivity index (χ0) is 22.4. The Balaban J connectivity index is 0.00000480. The Morgan fingerprint density at radius 3 is 2.32 bits per heavy atom. The number of aromatic nitrogens is 1. The van der Waals surface area contributed by atoms with E-state index in [1.807, 2.05) is 38.1 Å². The average Bonchev–Trinajstić information content (AvgIpc) is 3.12. The van der Waals surface area contributed by atoms with E-state index < -0.39 is 35.9 Å². The highest BCUT2D eigenvalue weighted by atomic mass is 35.5. The van der Waals surface area contributed by atoms with Gasteiger partial charge >= 0.3 is 5.97 Å². The number of hydrogen-bond acceptors (Lipinski definition) is 4. The molecule has 1 aromatic carbocycles. The largest absolute Gasteiger partial charge is 0.480 e. The zero-order valence-corrected chi connectivity index (χ0v) is 19.2. The van der Waals surface area contributed by atoms with Gasteiger partial charge in [0.1, 0.15) is 12.1 Å². The number of carbonyl (C=O) groups excluding carboxylic acids is 2. The lowest BCUT2D eigenvalue weighted by atomic mass is 9.97. The third-order valence-electron chi connectivity index (χ3n) is 5.52. The first-order valence-corrected chi connectivity index (χ1v) is 10.3. The summed E-state index contributed by atoms with van der Waals surface area (Å²) in [6.07, 6.45) is 2.61. The molecule has 31 heavy (non-hydrogen) atoms. The van der Waals surface area contributed by atoms with Crippen LogP contribution in [0.25, 0.3) is 10.9 Å². The lowest BCUT2D eigenvalue weighted by molar-refractivity contribution is -0.142. The maximum Gasteiger partial charge on any atom is 0.326 e. The molecule has 4 atom stereocenters. The Labute approximate surface area is 188 Å². The molecule has 0 saturated carbocycles. The third-order valence-corrected chi connectivity index (χ3v) is 5.52. The van der Waals surface area contributed by atoms with Crippen LogP contribution < -0.4 is 16.4 Å². The van der Waals surface area contributed by atoms with Crippen LogP contribution in [-0.4, -0.2) is 46.0 Å². The molecule has 8 nitrogen and oxygen atoms in total. The van der Waals surface area contributed by atoms with Crippen molar-refractivity contribution in [1.29, 1.82) is 0 Å². The summed E-state index contributed by atoms with van der Waals surface area (Å²) in [7, 11) is 0. The van der Waals surface area contributed by atoms with E-state index in [4.69, 9.17) is 5.73 Å². The molecule has 1 aromatic heterocycles. The first kappa shape index (κ1) is 26.5. The maximum atomic E-state index is 12.9. The number of carboxylic acids is 1. The van der Waals surface area contributed by atoms with Crippen LogP contribution in [0.2, 0.25) is 0 Å². The standard InChI is InChI=1S/C22H32N4O4.ClH/c1-5-13(4)18(23)20(27)26-19(12(2)3)21(28)25-17(22(29)30)10-14-11-24-16-9-7-6-8-15(14)16;/h6-9,11-13,17-19,24H,5,10,23H2,1-4H3,(H,25,28)(H,26,27)(H,29,30);1H/t13-,17-,18-,19-;/m0./s1. The summed E-state index contributed by atoms with van der Waals surface area (Å²) in [4.78, 5) is 40.2. The number of carboxylic acid groups (broad SMARTS) is 1. The Morgan fingerprint density at radius 1 is 1.10 bits per heavy atom. The van der Waals surface area contributed by atoms with E-state index in [1.165, 1.54) is 0 Å². The van der Waals surface area contributed by atoms with Gasteiger partial charge in [-0.1, -0.05) is 52.3 Å². The van der Waals surface area contributed by atoms with Crippen LogP contribution in [-0.2, 0) is 20.8 Å². The molecule has 0 fully saturated rings. The molecule has 0 spiro atoms. The van der Waals surface area contributed by atoms with Gasteiger partial charge in [-0.15, -0.1) is 12.4 Å². The van der Waals surface area contributed by atoms with Gasteiger partial charge in [-0.3, -0.25) is 9.59 Å². The lowest BCUT2D eigenvalue weighted by Crippen LogP contribution is -2.57. The van der Waals surface area contributed by atoms with Gasteiger partial charge in [0.25, 0.3) is 0 Å². The maximum absolute atomic E-state index is 12.9. The van der Waals surface area contributed by atoms with Gasteiger partial charge in [0, 0.05) is 23.5 Å². The summed E-state index contributed by atoms with van der Waals surface area (Å²) in [6.45, 7) is 7.38. The second-order valence-corrected chi connectivity index (χ2v) is 8.10. The minimum absolute atomic E-state index is 0. The van der Waals surface area contributed by atoms with Gasteiger partial charge in [-0.25, -0.2) is 4.79 Å². The minimum Gasteiger partial charge on any atom is -0.480 e. The van der Waals surface area contributed by atoms with Crippen LogP contribution in [0, 0.1) is 11.8 Å². The fourth-order valence-corrected chi connectivity index (χ4v) is 3.28. The van der Waals surface area contributed by atoms with Crippen molar-refractivity contribution in [2.24, 2.45) is 17.6 Å². The summed E-state index contributed by atoms with van der Waals surface area (Å²) in [6, 6.07) is 4.83.